The predicted molar refractivity (Wildman–Crippen MR) is 111 cm³/mol. The summed E-state index contributed by atoms with van der Waals surface area (Å²) < 4.78 is 4.81. The molecule has 1 aliphatic rings. The fourth-order valence-electron chi connectivity index (χ4n) is 3.31. The number of hydrogen-bond donors (Lipinski definition) is 1. The molecule has 1 aliphatic heterocycles. The highest BCUT2D eigenvalue weighted by Gasteiger charge is 2.20. The van der Waals surface area contributed by atoms with E-state index in [0.29, 0.717) is 22.8 Å². The Balaban J connectivity index is 1.79. The normalized spacial score (nSPS) is 13.3. The maximum absolute atomic E-state index is 12.8. The standard InChI is InChI=1S/C21H24ClN3O3/c1-24(14-15-6-5-7-17(22)12-15)21(27)23-18-13-16(20(26)28-2)8-9-19(18)25-10-3-4-11-25/h5-9,12-13H,3-4,10-11,14H2,1-2H3,(H,23,27). The summed E-state index contributed by atoms with van der Waals surface area (Å²) in [6.07, 6.45) is 2.22. The number of amides is 2. The topological polar surface area (TPSA) is 61.9 Å². The molecule has 2 amide bonds. The van der Waals surface area contributed by atoms with Crippen molar-refractivity contribution in [3.8, 4) is 0 Å². The van der Waals surface area contributed by atoms with Crippen molar-refractivity contribution in [2.24, 2.45) is 0 Å². The van der Waals surface area contributed by atoms with Crippen molar-refractivity contribution in [3.05, 3.63) is 58.6 Å². The van der Waals surface area contributed by atoms with Crippen molar-refractivity contribution in [2.75, 3.05) is 37.5 Å². The molecule has 6 nitrogen and oxygen atoms in total. The molecule has 3 rings (SSSR count). The zero-order valence-corrected chi connectivity index (χ0v) is 16.8. The van der Waals surface area contributed by atoms with Crippen molar-refractivity contribution in [1.82, 2.24) is 4.90 Å². The summed E-state index contributed by atoms with van der Waals surface area (Å²) in [5, 5.41) is 3.58. The van der Waals surface area contributed by atoms with Crippen molar-refractivity contribution < 1.29 is 14.3 Å². The summed E-state index contributed by atoms with van der Waals surface area (Å²) in [6, 6.07) is 12.4. The van der Waals surface area contributed by atoms with Gasteiger partial charge in [-0.25, -0.2) is 9.59 Å². The van der Waals surface area contributed by atoms with Crippen LogP contribution in [0.3, 0.4) is 0 Å². The van der Waals surface area contributed by atoms with Crippen molar-refractivity contribution in [2.45, 2.75) is 19.4 Å². The summed E-state index contributed by atoms with van der Waals surface area (Å²) in [5.74, 6) is -0.434. The van der Waals surface area contributed by atoms with E-state index >= 15 is 0 Å². The number of hydrogen-bond acceptors (Lipinski definition) is 4. The Morgan fingerprint density at radius 3 is 2.61 bits per heavy atom. The number of methoxy groups -OCH3 is 1. The van der Waals surface area contributed by atoms with E-state index in [1.54, 1.807) is 30.1 Å². The van der Waals surface area contributed by atoms with Gasteiger partial charge in [-0.1, -0.05) is 23.7 Å². The second kappa shape index (κ2) is 8.97. The molecule has 0 radical (unpaired) electrons. The molecular weight excluding hydrogens is 378 g/mol. The fraction of sp³-hybridized carbons (Fsp3) is 0.333. The maximum Gasteiger partial charge on any atom is 0.337 e. The van der Waals surface area contributed by atoms with Crippen molar-refractivity contribution >= 4 is 35.0 Å². The lowest BCUT2D eigenvalue weighted by Gasteiger charge is -2.24. The predicted octanol–water partition coefficient (Wildman–Crippen LogP) is 4.39. The smallest absolute Gasteiger partial charge is 0.337 e. The van der Waals surface area contributed by atoms with E-state index in [0.717, 1.165) is 37.2 Å². The lowest BCUT2D eigenvalue weighted by atomic mass is 10.1. The monoisotopic (exact) mass is 401 g/mol. The number of carbonyl (C=O) groups is 2. The number of urea groups is 1. The Morgan fingerprint density at radius 2 is 1.93 bits per heavy atom. The van der Waals surface area contributed by atoms with Crippen LogP contribution >= 0.6 is 11.6 Å². The van der Waals surface area contributed by atoms with Gasteiger partial charge in [-0.2, -0.15) is 0 Å². The quantitative estimate of drug-likeness (QED) is 0.755. The molecule has 1 heterocycles. The second-order valence-electron chi connectivity index (χ2n) is 6.83. The Morgan fingerprint density at radius 1 is 1.18 bits per heavy atom. The van der Waals surface area contributed by atoms with E-state index < -0.39 is 5.97 Å². The van der Waals surface area contributed by atoms with Crippen LogP contribution in [0.4, 0.5) is 16.2 Å². The van der Waals surface area contributed by atoms with Gasteiger partial charge in [0.25, 0.3) is 0 Å². The molecule has 0 spiro atoms. The van der Waals surface area contributed by atoms with Crippen LogP contribution in [-0.2, 0) is 11.3 Å². The van der Waals surface area contributed by atoms with Crippen LogP contribution in [0.15, 0.2) is 42.5 Å². The number of anilines is 2. The molecule has 28 heavy (non-hydrogen) atoms. The third-order valence-electron chi connectivity index (χ3n) is 4.76. The highest BCUT2D eigenvalue weighted by atomic mass is 35.5. The van der Waals surface area contributed by atoms with Crippen LogP contribution in [-0.4, -0.2) is 44.1 Å². The number of benzene rings is 2. The number of rotatable bonds is 5. The van der Waals surface area contributed by atoms with Gasteiger partial charge in [-0.15, -0.1) is 0 Å². The van der Waals surface area contributed by atoms with Crippen molar-refractivity contribution in [1.29, 1.82) is 0 Å². The van der Waals surface area contributed by atoms with Gasteiger partial charge < -0.3 is 19.9 Å². The van der Waals surface area contributed by atoms with Gasteiger partial charge in [0.2, 0.25) is 0 Å². The zero-order valence-electron chi connectivity index (χ0n) is 16.1. The molecule has 2 aromatic rings. The molecule has 1 saturated heterocycles. The molecular formula is C21H24ClN3O3. The zero-order chi connectivity index (χ0) is 20.1. The van der Waals surface area contributed by atoms with Crippen molar-refractivity contribution in [3.63, 3.8) is 0 Å². The molecule has 1 N–H and O–H groups in total. The molecule has 1 fully saturated rings. The molecule has 0 unspecified atom stereocenters. The van der Waals surface area contributed by atoms with E-state index in [4.69, 9.17) is 16.3 Å². The number of nitrogens with zero attached hydrogens (tertiary/aromatic N) is 2. The largest absolute Gasteiger partial charge is 0.465 e. The minimum atomic E-state index is -0.434. The first-order valence-electron chi connectivity index (χ1n) is 9.22. The molecule has 0 aliphatic carbocycles. The summed E-state index contributed by atoms with van der Waals surface area (Å²) in [7, 11) is 3.06. The molecule has 0 aromatic heterocycles. The van der Waals surface area contributed by atoms with Gasteiger partial charge >= 0.3 is 12.0 Å². The maximum atomic E-state index is 12.8. The van der Waals surface area contributed by atoms with E-state index in [1.807, 2.05) is 24.3 Å². The summed E-state index contributed by atoms with van der Waals surface area (Å²) in [6.45, 7) is 2.28. The first-order chi connectivity index (χ1) is 13.5. The average molecular weight is 402 g/mol. The Bertz CT molecular complexity index is 866. The first kappa shape index (κ1) is 20.0. The lowest BCUT2D eigenvalue weighted by Crippen LogP contribution is -2.32. The van der Waals surface area contributed by atoms with E-state index in [2.05, 4.69) is 10.2 Å². The minimum Gasteiger partial charge on any atom is -0.465 e. The van der Waals surface area contributed by atoms with E-state index in [-0.39, 0.29) is 6.03 Å². The minimum absolute atomic E-state index is 0.262. The Hall–Kier alpha value is -2.73. The van der Waals surface area contributed by atoms with Crippen LogP contribution in [0, 0.1) is 0 Å². The average Bonchev–Trinajstić information content (AvgIpc) is 3.21. The molecule has 7 heteroatoms. The van der Waals surface area contributed by atoms with Gasteiger partial charge in [0, 0.05) is 31.7 Å². The SMILES string of the molecule is COC(=O)c1ccc(N2CCCC2)c(NC(=O)N(C)Cc2cccc(Cl)c2)c1. The Kier molecular flexibility index (Phi) is 6.41. The summed E-state index contributed by atoms with van der Waals surface area (Å²) >= 11 is 6.02. The molecule has 0 bridgehead atoms. The third-order valence-corrected chi connectivity index (χ3v) is 5.00. The van der Waals surface area contributed by atoms with Crippen LogP contribution in [0.25, 0.3) is 0 Å². The Labute approximate surface area is 170 Å². The van der Waals surface area contributed by atoms with E-state index in [1.165, 1.54) is 7.11 Å². The van der Waals surface area contributed by atoms with Crippen LogP contribution in [0.1, 0.15) is 28.8 Å². The van der Waals surface area contributed by atoms with E-state index in [9.17, 15) is 9.59 Å². The molecule has 0 saturated carbocycles. The molecule has 148 valence electrons. The lowest BCUT2D eigenvalue weighted by molar-refractivity contribution is 0.0600. The van der Waals surface area contributed by atoms with Gasteiger partial charge in [-0.3, -0.25) is 0 Å². The summed E-state index contributed by atoms with van der Waals surface area (Å²) in [4.78, 5) is 28.5. The van der Waals surface area contributed by atoms with Gasteiger partial charge in [0.15, 0.2) is 0 Å². The molecule has 2 aromatic carbocycles. The number of nitrogens with one attached hydrogen (secondary N) is 1. The fourth-order valence-corrected chi connectivity index (χ4v) is 3.52. The highest BCUT2D eigenvalue weighted by molar-refractivity contribution is 6.30. The van der Waals surface area contributed by atoms with Crippen LogP contribution < -0.4 is 10.2 Å². The summed E-state index contributed by atoms with van der Waals surface area (Å²) in [5.41, 5.74) is 2.86. The van der Waals surface area contributed by atoms with Crippen LogP contribution in [0.5, 0.6) is 0 Å². The highest BCUT2D eigenvalue weighted by Crippen LogP contribution is 2.30. The number of esters is 1. The van der Waals surface area contributed by atoms with Gasteiger partial charge in [0.1, 0.15) is 0 Å². The number of ether oxygens (including phenoxy) is 1. The van der Waals surface area contributed by atoms with Crippen LogP contribution in [0.2, 0.25) is 5.02 Å². The number of halogens is 1. The third kappa shape index (κ3) is 4.75. The van der Waals surface area contributed by atoms with Gasteiger partial charge in [0.05, 0.1) is 24.0 Å². The first-order valence-corrected chi connectivity index (χ1v) is 9.59. The second-order valence-corrected chi connectivity index (χ2v) is 7.27. The molecule has 0 atom stereocenters. The number of carbonyl (C=O) groups excluding carboxylic acids is 2. The van der Waals surface area contributed by atoms with Gasteiger partial charge in [-0.05, 0) is 48.7 Å².